The molecule has 0 amide bonds. The van der Waals surface area contributed by atoms with Gasteiger partial charge in [0.1, 0.15) is 18.2 Å². The summed E-state index contributed by atoms with van der Waals surface area (Å²) in [6.45, 7) is 6.66. The largest absolute Gasteiger partial charge is 0.485 e. The molecular formula is C16H19N3O3. The lowest BCUT2D eigenvalue weighted by Gasteiger charge is -2.11. The Labute approximate surface area is 129 Å². The fraction of sp³-hybridized carbons (Fsp3) is 0.312. The standard InChI is InChI=1S/C16H19N3O3/c1-4-17-14-8-12(16(20)21)18-15(19-14)9-22-13-7-5-6-10(2)11(13)3/h5-8H,4,9H2,1-3H3,(H,20,21)(H,17,18,19). The first-order valence-corrected chi connectivity index (χ1v) is 7.05. The van der Waals surface area contributed by atoms with Crippen molar-refractivity contribution in [3.05, 3.63) is 46.9 Å². The molecule has 0 saturated carbocycles. The maximum Gasteiger partial charge on any atom is 0.354 e. The number of aromatic carboxylic acids is 1. The van der Waals surface area contributed by atoms with Gasteiger partial charge in [0.25, 0.3) is 0 Å². The van der Waals surface area contributed by atoms with Crippen LogP contribution in [0.15, 0.2) is 24.3 Å². The van der Waals surface area contributed by atoms with Gasteiger partial charge in [-0.25, -0.2) is 14.8 Å². The number of rotatable bonds is 6. The second kappa shape index (κ2) is 6.89. The molecule has 0 spiro atoms. The van der Waals surface area contributed by atoms with Crippen LogP contribution in [0, 0.1) is 13.8 Å². The smallest absolute Gasteiger partial charge is 0.354 e. The molecule has 6 nitrogen and oxygen atoms in total. The number of nitrogens with one attached hydrogen (secondary N) is 1. The minimum absolute atomic E-state index is 0.0504. The van der Waals surface area contributed by atoms with Gasteiger partial charge in [0, 0.05) is 12.6 Å². The van der Waals surface area contributed by atoms with Crippen molar-refractivity contribution < 1.29 is 14.6 Å². The Morgan fingerprint density at radius 1 is 1.32 bits per heavy atom. The van der Waals surface area contributed by atoms with Crippen LogP contribution in [0.4, 0.5) is 5.82 Å². The summed E-state index contributed by atoms with van der Waals surface area (Å²) in [7, 11) is 0. The molecule has 2 aromatic rings. The van der Waals surface area contributed by atoms with Crippen LogP contribution in [-0.4, -0.2) is 27.6 Å². The van der Waals surface area contributed by atoms with E-state index in [4.69, 9.17) is 9.84 Å². The number of carbonyl (C=O) groups is 1. The van der Waals surface area contributed by atoms with Crippen molar-refractivity contribution >= 4 is 11.8 Å². The molecule has 0 aliphatic rings. The lowest BCUT2D eigenvalue weighted by molar-refractivity contribution is 0.0689. The van der Waals surface area contributed by atoms with Crippen LogP contribution in [0.25, 0.3) is 0 Å². The number of ether oxygens (including phenoxy) is 1. The average molecular weight is 301 g/mol. The minimum Gasteiger partial charge on any atom is -0.485 e. The van der Waals surface area contributed by atoms with E-state index < -0.39 is 5.97 Å². The van der Waals surface area contributed by atoms with Gasteiger partial charge in [-0.1, -0.05) is 12.1 Å². The first-order valence-electron chi connectivity index (χ1n) is 7.05. The van der Waals surface area contributed by atoms with Gasteiger partial charge < -0.3 is 15.2 Å². The second-order valence-electron chi connectivity index (χ2n) is 4.88. The fourth-order valence-corrected chi connectivity index (χ4v) is 1.97. The van der Waals surface area contributed by atoms with Gasteiger partial charge in [-0.05, 0) is 38.0 Å². The number of hydrogen-bond acceptors (Lipinski definition) is 5. The summed E-state index contributed by atoms with van der Waals surface area (Å²) in [5.41, 5.74) is 2.13. The van der Waals surface area contributed by atoms with Crippen LogP contribution >= 0.6 is 0 Å². The average Bonchev–Trinajstić information content (AvgIpc) is 2.49. The Hall–Kier alpha value is -2.63. The van der Waals surface area contributed by atoms with Crippen LogP contribution in [0.2, 0.25) is 0 Å². The van der Waals surface area contributed by atoms with E-state index in [9.17, 15) is 4.79 Å². The van der Waals surface area contributed by atoms with Crippen LogP contribution in [0.1, 0.15) is 34.4 Å². The predicted octanol–water partition coefficient (Wildman–Crippen LogP) is 2.80. The summed E-state index contributed by atoms with van der Waals surface area (Å²) < 4.78 is 5.73. The number of hydrogen-bond donors (Lipinski definition) is 2. The Morgan fingerprint density at radius 3 is 2.77 bits per heavy atom. The molecule has 22 heavy (non-hydrogen) atoms. The zero-order valence-electron chi connectivity index (χ0n) is 12.9. The Balaban J connectivity index is 2.21. The van der Waals surface area contributed by atoms with Crippen molar-refractivity contribution in [1.29, 1.82) is 0 Å². The van der Waals surface area contributed by atoms with E-state index >= 15 is 0 Å². The number of aryl methyl sites for hydroxylation is 1. The zero-order chi connectivity index (χ0) is 16.1. The number of benzene rings is 1. The first-order chi connectivity index (χ1) is 10.5. The number of anilines is 1. The van der Waals surface area contributed by atoms with Crippen molar-refractivity contribution in [3.8, 4) is 5.75 Å². The highest BCUT2D eigenvalue weighted by molar-refractivity contribution is 5.86. The highest BCUT2D eigenvalue weighted by atomic mass is 16.5. The molecule has 1 aromatic carbocycles. The molecule has 0 fully saturated rings. The highest BCUT2D eigenvalue weighted by Crippen LogP contribution is 2.21. The first kappa shape index (κ1) is 15.8. The maximum atomic E-state index is 11.1. The zero-order valence-corrected chi connectivity index (χ0v) is 12.9. The van der Waals surface area contributed by atoms with Crippen molar-refractivity contribution in [2.45, 2.75) is 27.4 Å². The Bertz CT molecular complexity index is 686. The maximum absolute atomic E-state index is 11.1. The fourth-order valence-electron chi connectivity index (χ4n) is 1.97. The van der Waals surface area contributed by atoms with Crippen molar-refractivity contribution in [3.63, 3.8) is 0 Å². The van der Waals surface area contributed by atoms with Crippen molar-refractivity contribution in [1.82, 2.24) is 9.97 Å². The summed E-state index contributed by atoms with van der Waals surface area (Å²) in [5.74, 6) is 0.468. The number of carboxylic acid groups (broad SMARTS) is 1. The predicted molar refractivity (Wildman–Crippen MR) is 83.4 cm³/mol. The Kier molecular flexibility index (Phi) is 4.93. The van der Waals surface area contributed by atoms with Gasteiger partial charge >= 0.3 is 5.97 Å². The van der Waals surface area contributed by atoms with E-state index in [1.54, 1.807) is 0 Å². The van der Waals surface area contributed by atoms with Crippen LogP contribution in [0.3, 0.4) is 0 Å². The number of aromatic nitrogens is 2. The lowest BCUT2D eigenvalue weighted by Crippen LogP contribution is -2.11. The van der Waals surface area contributed by atoms with E-state index in [-0.39, 0.29) is 12.3 Å². The van der Waals surface area contributed by atoms with E-state index in [1.165, 1.54) is 6.07 Å². The molecule has 0 unspecified atom stereocenters. The number of carboxylic acids is 1. The van der Waals surface area contributed by atoms with Crippen LogP contribution < -0.4 is 10.1 Å². The van der Waals surface area contributed by atoms with E-state index in [2.05, 4.69) is 15.3 Å². The van der Waals surface area contributed by atoms with E-state index in [0.717, 1.165) is 16.9 Å². The molecule has 0 atom stereocenters. The van der Waals surface area contributed by atoms with Gasteiger partial charge in [-0.3, -0.25) is 0 Å². The van der Waals surface area contributed by atoms with Gasteiger partial charge in [0.2, 0.25) is 0 Å². The normalized spacial score (nSPS) is 10.3. The second-order valence-corrected chi connectivity index (χ2v) is 4.88. The third kappa shape index (κ3) is 3.72. The molecular weight excluding hydrogens is 282 g/mol. The molecule has 1 aromatic heterocycles. The third-order valence-electron chi connectivity index (χ3n) is 3.26. The summed E-state index contributed by atoms with van der Waals surface area (Å²) in [4.78, 5) is 19.4. The molecule has 116 valence electrons. The lowest BCUT2D eigenvalue weighted by atomic mass is 10.1. The minimum atomic E-state index is -1.09. The molecule has 2 N–H and O–H groups in total. The van der Waals surface area contributed by atoms with Crippen molar-refractivity contribution in [2.75, 3.05) is 11.9 Å². The van der Waals surface area contributed by atoms with Gasteiger partial charge in [-0.15, -0.1) is 0 Å². The molecule has 0 aliphatic carbocycles. The summed E-state index contributed by atoms with van der Waals surface area (Å²) in [6, 6.07) is 7.20. The van der Waals surface area contributed by atoms with Crippen molar-refractivity contribution in [2.24, 2.45) is 0 Å². The Morgan fingerprint density at radius 2 is 2.09 bits per heavy atom. The summed E-state index contributed by atoms with van der Waals surface area (Å²) >= 11 is 0. The molecule has 6 heteroatoms. The molecule has 0 radical (unpaired) electrons. The monoisotopic (exact) mass is 301 g/mol. The SMILES string of the molecule is CCNc1cc(C(=O)O)nc(COc2cccc(C)c2C)n1. The molecule has 0 bridgehead atoms. The van der Waals surface area contributed by atoms with E-state index in [0.29, 0.717) is 18.2 Å². The molecule has 2 rings (SSSR count). The van der Waals surface area contributed by atoms with Crippen LogP contribution in [-0.2, 0) is 6.61 Å². The van der Waals surface area contributed by atoms with Gasteiger partial charge in [0.15, 0.2) is 11.5 Å². The molecule has 0 aliphatic heterocycles. The quantitative estimate of drug-likeness (QED) is 0.853. The van der Waals surface area contributed by atoms with Gasteiger partial charge in [0.05, 0.1) is 0 Å². The van der Waals surface area contributed by atoms with Crippen LogP contribution in [0.5, 0.6) is 5.75 Å². The summed E-state index contributed by atoms with van der Waals surface area (Å²) in [5, 5.41) is 12.1. The summed E-state index contributed by atoms with van der Waals surface area (Å²) in [6.07, 6.45) is 0. The molecule has 0 saturated heterocycles. The van der Waals surface area contributed by atoms with Gasteiger partial charge in [-0.2, -0.15) is 0 Å². The third-order valence-corrected chi connectivity index (χ3v) is 3.26. The molecule has 1 heterocycles. The highest BCUT2D eigenvalue weighted by Gasteiger charge is 2.11. The topological polar surface area (TPSA) is 84.3 Å². The van der Waals surface area contributed by atoms with E-state index in [1.807, 2.05) is 39.0 Å². The number of nitrogens with zero attached hydrogens (tertiary/aromatic N) is 2.